The van der Waals surface area contributed by atoms with E-state index >= 15 is 0 Å². The van der Waals surface area contributed by atoms with E-state index in [1.807, 2.05) is 0 Å². The normalized spacial score (nSPS) is 26.8. The third kappa shape index (κ3) is 5.83. The van der Waals surface area contributed by atoms with Crippen molar-refractivity contribution in [3.8, 4) is 0 Å². The first-order chi connectivity index (χ1) is 18.5. The summed E-state index contributed by atoms with van der Waals surface area (Å²) in [4.78, 5) is 12.0. The first-order valence-corrected chi connectivity index (χ1v) is 15.5. The topological polar surface area (TPSA) is 28.0 Å². The van der Waals surface area contributed by atoms with Gasteiger partial charge in [-0.25, -0.2) is 4.99 Å². The summed E-state index contributed by atoms with van der Waals surface area (Å²) in [6.07, 6.45) is 19.3. The summed E-state index contributed by atoms with van der Waals surface area (Å²) in [7, 11) is 0. The molecular weight excluding hydrogens is 462 g/mol. The predicted octanol–water partition coefficient (Wildman–Crippen LogP) is 8.84. The van der Waals surface area contributed by atoms with Crippen LogP contribution in [0.4, 0.5) is 0 Å². The molecule has 38 heavy (non-hydrogen) atoms. The number of hydrogen-bond donors (Lipinski definition) is 0. The highest BCUT2D eigenvalue weighted by molar-refractivity contribution is 6.10. The van der Waals surface area contributed by atoms with Crippen LogP contribution in [0.25, 0.3) is 5.57 Å². The Morgan fingerprint density at radius 2 is 1.79 bits per heavy atom. The molecule has 2 fully saturated rings. The van der Waals surface area contributed by atoms with E-state index in [2.05, 4.69) is 79.9 Å². The molecule has 2 heterocycles. The van der Waals surface area contributed by atoms with Gasteiger partial charge in [-0.15, -0.1) is 0 Å². The van der Waals surface area contributed by atoms with Crippen LogP contribution in [0.1, 0.15) is 115 Å². The number of nitrogens with zero attached hydrogens (tertiary/aromatic N) is 3. The number of aryl methyl sites for hydroxylation is 1. The van der Waals surface area contributed by atoms with Crippen molar-refractivity contribution < 1.29 is 0 Å². The Balaban J connectivity index is 1.48. The molecule has 0 amide bonds. The molecule has 2 aliphatic carbocycles. The van der Waals surface area contributed by atoms with E-state index in [-0.39, 0.29) is 6.04 Å². The summed E-state index contributed by atoms with van der Waals surface area (Å²) in [6.45, 7) is 14.2. The fourth-order valence-corrected chi connectivity index (χ4v) is 7.44. The van der Waals surface area contributed by atoms with E-state index in [4.69, 9.17) is 0 Å². The van der Waals surface area contributed by atoms with Crippen molar-refractivity contribution in [3.05, 3.63) is 63.8 Å². The molecule has 0 bridgehead atoms. The van der Waals surface area contributed by atoms with Crippen LogP contribution >= 0.6 is 0 Å². The van der Waals surface area contributed by atoms with Crippen molar-refractivity contribution in [2.75, 3.05) is 13.1 Å². The van der Waals surface area contributed by atoms with Gasteiger partial charge < -0.3 is 4.90 Å². The Kier molecular flexibility index (Phi) is 8.83. The van der Waals surface area contributed by atoms with Gasteiger partial charge in [0.2, 0.25) is 0 Å². The molecule has 3 nitrogen and oxygen atoms in total. The van der Waals surface area contributed by atoms with Crippen LogP contribution in [-0.2, 0) is 0 Å². The van der Waals surface area contributed by atoms with Crippen LogP contribution in [0.5, 0.6) is 0 Å². The number of piperidine rings is 1. The monoisotopic (exact) mass is 511 g/mol. The molecule has 0 N–H and O–H groups in total. The van der Waals surface area contributed by atoms with Crippen LogP contribution in [0.2, 0.25) is 0 Å². The molecular formula is C35H49N3. The fourth-order valence-electron chi connectivity index (χ4n) is 7.44. The Labute approximate surface area is 231 Å². The van der Waals surface area contributed by atoms with Crippen LogP contribution in [0, 0.1) is 12.8 Å². The summed E-state index contributed by atoms with van der Waals surface area (Å²) < 4.78 is 0. The van der Waals surface area contributed by atoms with Crippen LogP contribution < -0.4 is 0 Å². The number of fused-ring (bicyclic) bond motifs is 1. The highest BCUT2D eigenvalue weighted by Crippen LogP contribution is 2.39. The van der Waals surface area contributed by atoms with Gasteiger partial charge >= 0.3 is 0 Å². The average Bonchev–Trinajstić information content (AvgIpc) is 3.60. The Morgan fingerprint density at radius 1 is 1.03 bits per heavy atom. The number of aliphatic imine (C=N–C) groups is 2. The summed E-state index contributed by atoms with van der Waals surface area (Å²) in [6, 6.07) is 8.53. The number of hydrogen-bond acceptors (Lipinski definition) is 3. The van der Waals surface area contributed by atoms with Crippen molar-refractivity contribution in [2.45, 2.75) is 117 Å². The third-order valence-corrected chi connectivity index (χ3v) is 9.48. The van der Waals surface area contributed by atoms with Gasteiger partial charge in [0.15, 0.2) is 0 Å². The zero-order valence-electron chi connectivity index (χ0n) is 24.6. The molecule has 204 valence electrons. The van der Waals surface area contributed by atoms with E-state index in [1.54, 1.807) is 17.5 Å². The highest BCUT2D eigenvalue weighted by atomic mass is 15.2. The van der Waals surface area contributed by atoms with E-state index in [1.165, 1.54) is 85.2 Å². The van der Waals surface area contributed by atoms with E-state index < -0.39 is 0 Å². The Morgan fingerprint density at radius 3 is 2.50 bits per heavy atom. The highest BCUT2D eigenvalue weighted by Gasteiger charge is 2.29. The molecule has 2 aliphatic heterocycles. The van der Waals surface area contributed by atoms with Crippen molar-refractivity contribution >= 4 is 17.6 Å². The zero-order valence-corrected chi connectivity index (χ0v) is 24.6. The van der Waals surface area contributed by atoms with Gasteiger partial charge in [-0.05, 0) is 123 Å². The molecule has 0 spiro atoms. The molecule has 3 heteroatoms. The lowest BCUT2D eigenvalue weighted by Crippen LogP contribution is -2.39. The molecule has 1 unspecified atom stereocenters. The average molecular weight is 512 g/mol. The maximum Gasteiger partial charge on any atom is 0.111 e. The first kappa shape index (κ1) is 27.3. The van der Waals surface area contributed by atoms with Gasteiger partial charge in [0.1, 0.15) is 6.34 Å². The number of rotatable bonds is 7. The minimum Gasteiger partial charge on any atom is -0.300 e. The second-order valence-corrected chi connectivity index (χ2v) is 12.5. The van der Waals surface area contributed by atoms with Gasteiger partial charge in [0.05, 0.1) is 11.8 Å². The van der Waals surface area contributed by atoms with E-state index in [9.17, 15) is 0 Å². The largest absolute Gasteiger partial charge is 0.300 e. The Bertz CT molecular complexity index is 1150. The van der Waals surface area contributed by atoms with E-state index in [0.717, 1.165) is 31.7 Å². The smallest absolute Gasteiger partial charge is 0.111 e. The molecule has 5 rings (SSSR count). The fraction of sp³-hybridized carbons (Fsp3) is 0.600. The first-order valence-electron chi connectivity index (χ1n) is 15.5. The summed E-state index contributed by atoms with van der Waals surface area (Å²) in [5, 5.41) is 0. The third-order valence-electron chi connectivity index (χ3n) is 9.48. The molecule has 0 radical (unpaired) electrons. The van der Waals surface area contributed by atoms with Gasteiger partial charge in [-0.1, -0.05) is 70.4 Å². The van der Waals surface area contributed by atoms with Gasteiger partial charge in [0.25, 0.3) is 0 Å². The molecule has 1 saturated heterocycles. The van der Waals surface area contributed by atoms with Crippen LogP contribution in [-0.4, -0.2) is 42.1 Å². The zero-order chi connectivity index (χ0) is 26.6. The summed E-state index contributed by atoms with van der Waals surface area (Å²) in [5.41, 5.74) is 11.4. The molecule has 4 aliphatic rings. The number of likely N-dealkylation sites (tertiary alicyclic amines) is 1. The predicted molar refractivity (Wildman–Crippen MR) is 164 cm³/mol. The van der Waals surface area contributed by atoms with Crippen molar-refractivity contribution in [3.63, 3.8) is 0 Å². The lowest BCUT2D eigenvalue weighted by molar-refractivity contribution is 0.154. The molecule has 1 aromatic carbocycles. The minimum absolute atomic E-state index is 0.242. The second kappa shape index (κ2) is 12.3. The summed E-state index contributed by atoms with van der Waals surface area (Å²) >= 11 is 0. The summed E-state index contributed by atoms with van der Waals surface area (Å²) in [5.74, 6) is 1.16. The van der Waals surface area contributed by atoms with Crippen molar-refractivity contribution in [1.82, 2.24) is 4.90 Å². The maximum atomic E-state index is 4.64. The number of allylic oxidation sites excluding steroid dienone is 5. The second-order valence-electron chi connectivity index (χ2n) is 12.5. The van der Waals surface area contributed by atoms with Gasteiger partial charge in [0, 0.05) is 6.04 Å². The number of benzene rings is 1. The van der Waals surface area contributed by atoms with Crippen molar-refractivity contribution in [1.29, 1.82) is 0 Å². The van der Waals surface area contributed by atoms with E-state index in [0.29, 0.717) is 11.8 Å². The molecule has 1 saturated carbocycles. The van der Waals surface area contributed by atoms with Gasteiger partial charge in [-0.2, -0.15) is 0 Å². The quantitative estimate of drug-likeness (QED) is 0.359. The van der Waals surface area contributed by atoms with Crippen LogP contribution in [0.3, 0.4) is 0 Å². The SMILES string of the molecule is CCCC(/C1=C/CCC2N=CN=C2/C(C)=C\1)=C(\c1cc(C2CCN(C3CCCC3)CC2)ccc1C)C(C)C. The lowest BCUT2D eigenvalue weighted by Gasteiger charge is -2.36. The molecule has 1 atom stereocenters. The standard InChI is InChI=1S/C35H49N3/c1-6-10-31(29-11-9-14-33-35(26(5)21-29)37-23-36-33)34(24(2)3)32-22-28(16-15-25(32)4)27-17-19-38(20-18-27)30-12-7-8-13-30/h11,15-16,21-24,27,30,33H,6-10,12-14,17-20H2,1-5H3/b26-21-,29-11+,34-31+. The van der Waals surface area contributed by atoms with Crippen LogP contribution in [0.15, 0.2) is 57.1 Å². The molecule has 1 aromatic rings. The Hall–Kier alpha value is -2.26. The lowest BCUT2D eigenvalue weighted by atomic mass is 9.80. The van der Waals surface area contributed by atoms with Crippen molar-refractivity contribution in [2.24, 2.45) is 15.9 Å². The molecule has 0 aromatic heterocycles. The van der Waals surface area contributed by atoms with Gasteiger partial charge in [-0.3, -0.25) is 4.99 Å². The maximum absolute atomic E-state index is 4.64. The minimum atomic E-state index is 0.242.